The monoisotopic (exact) mass is 542 g/mol. The van der Waals surface area contributed by atoms with Crippen LogP contribution in [0.5, 0.6) is 0 Å². The number of nitrogens with one attached hydrogen (secondary N) is 1. The first-order chi connectivity index (χ1) is 18.2. The Labute approximate surface area is 229 Å². The molecule has 38 heavy (non-hydrogen) atoms. The highest BCUT2D eigenvalue weighted by atomic mass is 32.1. The smallest absolute Gasteiger partial charge is 0.270 e. The Bertz CT molecular complexity index is 1190. The van der Waals surface area contributed by atoms with E-state index in [0.717, 1.165) is 61.3 Å². The second-order valence-electron chi connectivity index (χ2n) is 10.4. The molecule has 1 saturated heterocycles. The summed E-state index contributed by atoms with van der Waals surface area (Å²) < 4.78 is 28.3. The van der Waals surface area contributed by atoms with Crippen LogP contribution in [0.1, 0.15) is 76.3 Å². The third-order valence-electron chi connectivity index (χ3n) is 7.40. The SMILES string of the molecule is CC.CN1CCC(N)(c2nc(-c3cccc(C(C)(F)F)c3)c(-c3ccnc(NC4CCCCC4)n3)s2)CC1. The van der Waals surface area contributed by atoms with Crippen molar-refractivity contribution in [2.24, 2.45) is 5.73 Å². The van der Waals surface area contributed by atoms with E-state index in [9.17, 15) is 8.78 Å². The second kappa shape index (κ2) is 12.1. The number of aromatic nitrogens is 3. The van der Waals surface area contributed by atoms with Crippen molar-refractivity contribution in [2.45, 2.75) is 83.2 Å². The first-order valence-electron chi connectivity index (χ1n) is 13.8. The van der Waals surface area contributed by atoms with Gasteiger partial charge in [-0.15, -0.1) is 11.3 Å². The quantitative estimate of drug-likeness (QED) is 0.348. The van der Waals surface area contributed by atoms with Crippen LogP contribution in [-0.4, -0.2) is 46.0 Å². The van der Waals surface area contributed by atoms with E-state index in [0.29, 0.717) is 23.2 Å². The van der Waals surface area contributed by atoms with Crippen LogP contribution >= 0.6 is 11.3 Å². The molecule has 9 heteroatoms. The van der Waals surface area contributed by atoms with Gasteiger partial charge in [0.15, 0.2) is 0 Å². The van der Waals surface area contributed by atoms with Crippen molar-refractivity contribution in [1.29, 1.82) is 0 Å². The number of rotatable bonds is 6. The number of anilines is 1. The van der Waals surface area contributed by atoms with Crippen molar-refractivity contribution in [3.8, 4) is 21.8 Å². The van der Waals surface area contributed by atoms with Crippen LogP contribution in [-0.2, 0) is 11.5 Å². The number of likely N-dealkylation sites (tertiary alicyclic amines) is 1. The number of hydrogen-bond acceptors (Lipinski definition) is 7. The summed E-state index contributed by atoms with van der Waals surface area (Å²) in [5.74, 6) is -2.35. The summed E-state index contributed by atoms with van der Waals surface area (Å²) >= 11 is 1.52. The second-order valence-corrected chi connectivity index (χ2v) is 11.4. The highest BCUT2D eigenvalue weighted by molar-refractivity contribution is 7.15. The molecule has 0 spiro atoms. The maximum Gasteiger partial charge on any atom is 0.270 e. The fourth-order valence-electron chi connectivity index (χ4n) is 5.06. The third-order valence-corrected chi connectivity index (χ3v) is 8.70. The maximum atomic E-state index is 14.2. The molecule has 3 N–H and O–H groups in total. The zero-order valence-electron chi connectivity index (χ0n) is 22.9. The zero-order chi connectivity index (χ0) is 27.3. The fraction of sp³-hybridized carbons (Fsp3) is 0.552. The zero-order valence-corrected chi connectivity index (χ0v) is 23.8. The van der Waals surface area contributed by atoms with Gasteiger partial charge in [0.25, 0.3) is 5.92 Å². The summed E-state index contributed by atoms with van der Waals surface area (Å²) in [6, 6.07) is 8.72. The minimum Gasteiger partial charge on any atom is -0.351 e. The number of piperidine rings is 1. The summed E-state index contributed by atoms with van der Waals surface area (Å²) in [6.45, 7) is 6.70. The highest BCUT2D eigenvalue weighted by Crippen LogP contribution is 2.43. The Morgan fingerprint density at radius 3 is 2.47 bits per heavy atom. The van der Waals surface area contributed by atoms with Crippen LogP contribution in [0, 0.1) is 0 Å². The van der Waals surface area contributed by atoms with E-state index in [2.05, 4.69) is 22.2 Å². The number of alkyl halides is 2. The molecule has 2 aliphatic rings. The Morgan fingerprint density at radius 1 is 1.08 bits per heavy atom. The Morgan fingerprint density at radius 2 is 1.79 bits per heavy atom. The van der Waals surface area contributed by atoms with Gasteiger partial charge in [-0.1, -0.05) is 51.3 Å². The van der Waals surface area contributed by atoms with Gasteiger partial charge in [-0.05, 0) is 58.0 Å². The van der Waals surface area contributed by atoms with Crippen LogP contribution in [0.2, 0.25) is 0 Å². The number of nitrogens with two attached hydrogens (primary N) is 1. The van der Waals surface area contributed by atoms with E-state index in [-0.39, 0.29) is 5.56 Å². The molecule has 206 valence electrons. The van der Waals surface area contributed by atoms with Gasteiger partial charge < -0.3 is 16.0 Å². The Balaban J connectivity index is 0.00000164. The molecule has 1 aromatic carbocycles. The first kappa shape index (κ1) is 28.5. The fourth-order valence-corrected chi connectivity index (χ4v) is 6.27. The van der Waals surface area contributed by atoms with Crippen LogP contribution in [0.4, 0.5) is 14.7 Å². The van der Waals surface area contributed by atoms with Crippen molar-refractivity contribution in [1.82, 2.24) is 19.9 Å². The van der Waals surface area contributed by atoms with Gasteiger partial charge in [0.2, 0.25) is 5.95 Å². The van der Waals surface area contributed by atoms with E-state index >= 15 is 0 Å². The lowest BCUT2D eigenvalue weighted by Crippen LogP contribution is -2.46. The highest BCUT2D eigenvalue weighted by Gasteiger charge is 2.36. The number of thiazole rings is 1. The summed E-state index contributed by atoms with van der Waals surface area (Å²) in [5, 5.41) is 4.32. The van der Waals surface area contributed by atoms with Gasteiger partial charge in [0.05, 0.1) is 21.8 Å². The summed E-state index contributed by atoms with van der Waals surface area (Å²) in [7, 11) is 2.09. The molecule has 1 aliphatic heterocycles. The Kier molecular flexibility index (Phi) is 9.11. The number of benzene rings is 1. The molecule has 1 saturated carbocycles. The normalized spacial score (nSPS) is 18.5. The predicted octanol–water partition coefficient (Wildman–Crippen LogP) is 7.03. The maximum absolute atomic E-state index is 14.2. The molecule has 5 rings (SSSR count). The average molecular weight is 543 g/mol. The molecule has 0 radical (unpaired) electrons. The molecule has 0 bridgehead atoms. The van der Waals surface area contributed by atoms with Gasteiger partial charge in [-0.25, -0.2) is 23.7 Å². The largest absolute Gasteiger partial charge is 0.351 e. The number of nitrogens with zero attached hydrogens (tertiary/aromatic N) is 4. The molecule has 0 amide bonds. The van der Waals surface area contributed by atoms with E-state index in [1.165, 1.54) is 42.7 Å². The molecule has 2 aromatic heterocycles. The molecule has 0 atom stereocenters. The lowest BCUT2D eigenvalue weighted by Gasteiger charge is -2.36. The van der Waals surface area contributed by atoms with Crippen LogP contribution in [0.25, 0.3) is 21.8 Å². The van der Waals surface area contributed by atoms with Crippen LogP contribution < -0.4 is 11.1 Å². The minimum absolute atomic E-state index is 0.0374. The van der Waals surface area contributed by atoms with Gasteiger partial charge >= 0.3 is 0 Å². The molecule has 1 aliphatic carbocycles. The molecular weight excluding hydrogens is 502 g/mol. The predicted molar refractivity (Wildman–Crippen MR) is 153 cm³/mol. The molecule has 6 nitrogen and oxygen atoms in total. The molecule has 3 heterocycles. The van der Waals surface area contributed by atoms with Crippen molar-refractivity contribution in [3.05, 3.63) is 47.1 Å². The van der Waals surface area contributed by atoms with Crippen molar-refractivity contribution in [3.63, 3.8) is 0 Å². The van der Waals surface area contributed by atoms with E-state index < -0.39 is 11.5 Å². The third kappa shape index (κ3) is 6.55. The Hall–Kier alpha value is -2.49. The van der Waals surface area contributed by atoms with Gasteiger partial charge in [0, 0.05) is 30.3 Å². The number of hydrogen-bond donors (Lipinski definition) is 2. The summed E-state index contributed by atoms with van der Waals surface area (Å²) in [4.78, 5) is 17.4. The standard InChI is InChI=1S/C27H34F2N6S.C2H6/c1-26(28,29)19-8-6-7-18(17-19)22-23(36-24(34-22)27(30)12-15-35(2)16-13-27)21-11-14-31-25(33-21)32-20-9-4-3-5-10-20;1-2/h6-8,11,14,17,20H,3-5,9-10,12-13,15-16,30H2,1-2H3,(H,31,32,33);1-2H3. The first-order valence-corrected chi connectivity index (χ1v) is 14.6. The van der Waals surface area contributed by atoms with E-state index in [1.54, 1.807) is 12.3 Å². The molecule has 2 fully saturated rings. The van der Waals surface area contributed by atoms with E-state index in [1.807, 2.05) is 26.0 Å². The summed E-state index contributed by atoms with van der Waals surface area (Å²) in [5.41, 5.74) is 8.32. The minimum atomic E-state index is -2.94. The van der Waals surface area contributed by atoms with Crippen molar-refractivity contribution < 1.29 is 8.78 Å². The lowest BCUT2D eigenvalue weighted by atomic mass is 9.89. The van der Waals surface area contributed by atoms with E-state index in [4.69, 9.17) is 15.7 Å². The molecular formula is C29H40F2N6S. The van der Waals surface area contributed by atoms with Gasteiger partial charge in [0.1, 0.15) is 5.01 Å². The van der Waals surface area contributed by atoms with Crippen LogP contribution in [0.15, 0.2) is 36.5 Å². The summed E-state index contributed by atoms with van der Waals surface area (Å²) in [6.07, 6.45) is 9.28. The van der Waals surface area contributed by atoms with Crippen molar-refractivity contribution >= 4 is 17.3 Å². The molecule has 0 unspecified atom stereocenters. The van der Waals surface area contributed by atoms with Crippen LogP contribution in [0.3, 0.4) is 0 Å². The van der Waals surface area contributed by atoms with Gasteiger partial charge in [-0.3, -0.25) is 0 Å². The van der Waals surface area contributed by atoms with Crippen molar-refractivity contribution in [2.75, 3.05) is 25.5 Å². The number of halogens is 2. The van der Waals surface area contributed by atoms with Gasteiger partial charge in [-0.2, -0.15) is 0 Å². The average Bonchev–Trinajstić information content (AvgIpc) is 3.39. The topological polar surface area (TPSA) is 80.0 Å². The lowest BCUT2D eigenvalue weighted by molar-refractivity contribution is 0.0175. The molecule has 3 aromatic rings.